The van der Waals surface area contributed by atoms with Gasteiger partial charge in [0.25, 0.3) is 0 Å². The molecule has 0 amide bonds. The smallest absolute Gasteiger partial charge is 0.368 e. The maximum atomic E-state index is 13.0. The number of anilines is 1. The first-order valence-corrected chi connectivity index (χ1v) is 5.86. The zero-order valence-corrected chi connectivity index (χ0v) is 10.00. The summed E-state index contributed by atoms with van der Waals surface area (Å²) in [6.07, 6.45) is -2.20. The van der Waals surface area contributed by atoms with E-state index in [-0.39, 0.29) is 17.3 Å². The van der Waals surface area contributed by atoms with E-state index >= 15 is 0 Å². The first kappa shape index (κ1) is 12.9. The van der Waals surface area contributed by atoms with Gasteiger partial charge in [0.1, 0.15) is 6.29 Å². The largest absolute Gasteiger partial charge is 0.418 e. The lowest BCUT2D eigenvalue weighted by Crippen LogP contribution is -2.28. The molecule has 2 rings (SSSR count). The number of hydrogen-bond donors (Lipinski definition) is 0. The molecule has 1 atom stereocenters. The third kappa shape index (κ3) is 2.35. The molecule has 1 aromatic rings. The van der Waals surface area contributed by atoms with Crippen molar-refractivity contribution in [1.82, 2.24) is 0 Å². The average molecular weight is 257 g/mol. The van der Waals surface area contributed by atoms with E-state index in [0.29, 0.717) is 12.8 Å². The van der Waals surface area contributed by atoms with Crippen molar-refractivity contribution in [2.75, 3.05) is 11.4 Å². The second-order valence-electron chi connectivity index (χ2n) is 4.58. The molecule has 0 N–H and O–H groups in total. The van der Waals surface area contributed by atoms with Crippen molar-refractivity contribution in [3.8, 4) is 0 Å². The van der Waals surface area contributed by atoms with E-state index < -0.39 is 11.7 Å². The van der Waals surface area contributed by atoms with Crippen LogP contribution in [0.2, 0.25) is 0 Å². The van der Waals surface area contributed by atoms with Gasteiger partial charge in [-0.3, -0.25) is 4.79 Å². The predicted octanol–water partition coefficient (Wildman–Crippen LogP) is 3.51. The Morgan fingerprint density at radius 2 is 2.11 bits per heavy atom. The van der Waals surface area contributed by atoms with Crippen LogP contribution in [0.25, 0.3) is 0 Å². The minimum Gasteiger partial charge on any atom is -0.368 e. The van der Waals surface area contributed by atoms with Crippen molar-refractivity contribution >= 4 is 12.0 Å². The van der Waals surface area contributed by atoms with E-state index in [1.807, 2.05) is 6.92 Å². The topological polar surface area (TPSA) is 20.3 Å². The van der Waals surface area contributed by atoms with Gasteiger partial charge in [0.15, 0.2) is 0 Å². The fraction of sp³-hybridized carbons (Fsp3) is 0.462. The highest BCUT2D eigenvalue weighted by molar-refractivity contribution is 5.77. The lowest BCUT2D eigenvalue weighted by atomic mass is 10.1. The number of carbonyl (C=O) groups is 1. The van der Waals surface area contributed by atoms with Gasteiger partial charge in [0, 0.05) is 23.8 Å². The summed E-state index contributed by atoms with van der Waals surface area (Å²) >= 11 is 0. The molecule has 2 nitrogen and oxygen atoms in total. The molecular formula is C13H14F3NO. The summed E-state index contributed by atoms with van der Waals surface area (Å²) in [6, 6.07) is 3.86. The second-order valence-corrected chi connectivity index (χ2v) is 4.58. The van der Waals surface area contributed by atoms with Crippen molar-refractivity contribution in [2.24, 2.45) is 0 Å². The standard InChI is InChI=1S/C13H14F3NO/c1-9-3-2-6-17(9)12-5-4-10(8-18)7-11(12)13(14,15)16/h4-5,7-9H,2-3,6H2,1H3. The Labute approximate surface area is 103 Å². The Bertz CT molecular complexity index is 456. The third-order valence-electron chi connectivity index (χ3n) is 3.32. The van der Waals surface area contributed by atoms with Crippen LogP contribution in [0.15, 0.2) is 18.2 Å². The van der Waals surface area contributed by atoms with Gasteiger partial charge in [-0.1, -0.05) is 0 Å². The lowest BCUT2D eigenvalue weighted by molar-refractivity contribution is -0.137. The van der Waals surface area contributed by atoms with E-state index in [2.05, 4.69) is 0 Å². The minimum atomic E-state index is -4.43. The van der Waals surface area contributed by atoms with Crippen molar-refractivity contribution in [2.45, 2.75) is 32.0 Å². The van der Waals surface area contributed by atoms with E-state index in [4.69, 9.17) is 0 Å². The van der Waals surface area contributed by atoms with Gasteiger partial charge in [-0.05, 0) is 38.0 Å². The Hall–Kier alpha value is -1.52. The second kappa shape index (κ2) is 4.63. The molecule has 0 saturated carbocycles. The molecule has 1 heterocycles. The van der Waals surface area contributed by atoms with E-state index in [0.717, 1.165) is 18.9 Å². The van der Waals surface area contributed by atoms with E-state index in [1.54, 1.807) is 4.90 Å². The van der Waals surface area contributed by atoms with Crippen LogP contribution in [-0.4, -0.2) is 18.9 Å². The van der Waals surface area contributed by atoms with Crippen LogP contribution in [0, 0.1) is 0 Å². The van der Waals surface area contributed by atoms with Crippen LogP contribution in [0.3, 0.4) is 0 Å². The fourth-order valence-corrected chi connectivity index (χ4v) is 2.40. The molecule has 0 spiro atoms. The van der Waals surface area contributed by atoms with Crippen LogP contribution in [0.1, 0.15) is 35.7 Å². The van der Waals surface area contributed by atoms with Gasteiger partial charge in [-0.25, -0.2) is 0 Å². The predicted molar refractivity (Wildman–Crippen MR) is 62.9 cm³/mol. The van der Waals surface area contributed by atoms with Crippen molar-refractivity contribution < 1.29 is 18.0 Å². The number of alkyl halides is 3. The third-order valence-corrected chi connectivity index (χ3v) is 3.32. The minimum absolute atomic E-state index is 0.0536. The quantitative estimate of drug-likeness (QED) is 0.756. The van der Waals surface area contributed by atoms with Crippen LogP contribution < -0.4 is 4.90 Å². The summed E-state index contributed by atoms with van der Waals surface area (Å²) in [7, 11) is 0. The summed E-state index contributed by atoms with van der Waals surface area (Å²) in [6.45, 7) is 2.55. The number of nitrogens with zero attached hydrogens (tertiary/aromatic N) is 1. The molecule has 1 aromatic carbocycles. The van der Waals surface area contributed by atoms with Gasteiger partial charge in [-0.2, -0.15) is 13.2 Å². The number of hydrogen-bond acceptors (Lipinski definition) is 2. The SMILES string of the molecule is CC1CCCN1c1ccc(C=O)cc1C(F)(F)F. The molecule has 1 aliphatic heterocycles. The fourth-order valence-electron chi connectivity index (χ4n) is 2.40. The molecule has 18 heavy (non-hydrogen) atoms. The molecule has 1 aliphatic rings. The molecule has 5 heteroatoms. The zero-order valence-electron chi connectivity index (χ0n) is 10.00. The van der Waals surface area contributed by atoms with Crippen molar-refractivity contribution in [1.29, 1.82) is 0 Å². The first-order valence-electron chi connectivity index (χ1n) is 5.86. The molecule has 0 aliphatic carbocycles. The van der Waals surface area contributed by atoms with Gasteiger partial charge in [0.2, 0.25) is 0 Å². The Morgan fingerprint density at radius 3 is 2.61 bits per heavy atom. The molecular weight excluding hydrogens is 243 g/mol. The summed E-state index contributed by atoms with van der Waals surface area (Å²) in [5, 5.41) is 0. The van der Waals surface area contributed by atoms with E-state index in [1.165, 1.54) is 12.1 Å². The molecule has 98 valence electrons. The number of aldehydes is 1. The zero-order chi connectivity index (χ0) is 13.3. The number of halogens is 3. The maximum Gasteiger partial charge on any atom is 0.418 e. The first-order chi connectivity index (χ1) is 8.43. The van der Waals surface area contributed by atoms with Gasteiger partial charge in [0.05, 0.1) is 5.56 Å². The number of rotatable bonds is 2. The van der Waals surface area contributed by atoms with Gasteiger partial charge < -0.3 is 4.90 Å². The highest BCUT2D eigenvalue weighted by Gasteiger charge is 2.36. The number of benzene rings is 1. The Kier molecular flexibility index (Phi) is 3.32. The molecule has 1 unspecified atom stereocenters. The average Bonchev–Trinajstić information content (AvgIpc) is 2.73. The van der Waals surface area contributed by atoms with E-state index in [9.17, 15) is 18.0 Å². The molecule has 1 saturated heterocycles. The maximum absolute atomic E-state index is 13.0. The van der Waals surface area contributed by atoms with Crippen LogP contribution in [0.4, 0.5) is 18.9 Å². The van der Waals surface area contributed by atoms with Crippen LogP contribution in [-0.2, 0) is 6.18 Å². The lowest BCUT2D eigenvalue weighted by Gasteiger charge is -2.27. The summed E-state index contributed by atoms with van der Waals surface area (Å²) < 4.78 is 39.0. The number of carbonyl (C=O) groups excluding carboxylic acids is 1. The van der Waals surface area contributed by atoms with Gasteiger partial charge >= 0.3 is 6.18 Å². The summed E-state index contributed by atoms with van der Waals surface area (Å²) in [5.41, 5.74) is -0.489. The molecule has 0 aromatic heterocycles. The van der Waals surface area contributed by atoms with Crippen molar-refractivity contribution in [3.05, 3.63) is 29.3 Å². The highest BCUT2D eigenvalue weighted by Crippen LogP contribution is 2.39. The van der Waals surface area contributed by atoms with Crippen LogP contribution >= 0.6 is 0 Å². The normalized spacial score (nSPS) is 20.2. The molecule has 0 bridgehead atoms. The summed E-state index contributed by atoms with van der Waals surface area (Å²) in [5.74, 6) is 0. The Balaban J connectivity index is 2.49. The molecule has 1 fully saturated rings. The highest BCUT2D eigenvalue weighted by atomic mass is 19.4. The summed E-state index contributed by atoms with van der Waals surface area (Å²) in [4.78, 5) is 12.4. The van der Waals surface area contributed by atoms with Gasteiger partial charge in [-0.15, -0.1) is 0 Å². The molecule has 0 radical (unpaired) electrons. The van der Waals surface area contributed by atoms with Crippen LogP contribution in [0.5, 0.6) is 0 Å². The monoisotopic (exact) mass is 257 g/mol. The van der Waals surface area contributed by atoms with Crippen molar-refractivity contribution in [3.63, 3.8) is 0 Å². The Morgan fingerprint density at radius 1 is 1.39 bits per heavy atom.